The van der Waals surface area contributed by atoms with Gasteiger partial charge in [-0.15, -0.1) is 0 Å². The number of benzene rings is 1. The third-order valence-corrected chi connectivity index (χ3v) is 2.72. The van der Waals surface area contributed by atoms with Crippen LogP contribution in [0.2, 0.25) is 5.02 Å². The van der Waals surface area contributed by atoms with E-state index < -0.39 is 5.97 Å². The van der Waals surface area contributed by atoms with Gasteiger partial charge in [0.15, 0.2) is 0 Å². The van der Waals surface area contributed by atoms with Crippen molar-refractivity contribution in [1.82, 2.24) is 0 Å². The van der Waals surface area contributed by atoms with Crippen molar-refractivity contribution >= 4 is 17.6 Å². The highest BCUT2D eigenvalue weighted by molar-refractivity contribution is 6.30. The normalized spacial score (nSPS) is 12.4. The molecular formula is C12H15ClO2. The summed E-state index contributed by atoms with van der Waals surface area (Å²) in [7, 11) is 0. The molecule has 0 radical (unpaired) electrons. The van der Waals surface area contributed by atoms with E-state index in [1.165, 1.54) is 5.56 Å². The standard InChI is InChI=1S/C12H15ClO2/c1-9(3-2-4-12(14)15)10-5-7-11(13)8-6-10/h5-9H,2-4H2,1H3,(H,14,15). The summed E-state index contributed by atoms with van der Waals surface area (Å²) in [5.41, 5.74) is 1.21. The molecule has 1 atom stereocenters. The van der Waals surface area contributed by atoms with Gasteiger partial charge in [-0.25, -0.2) is 0 Å². The van der Waals surface area contributed by atoms with Crippen molar-refractivity contribution < 1.29 is 9.90 Å². The van der Waals surface area contributed by atoms with E-state index in [1.807, 2.05) is 24.3 Å². The smallest absolute Gasteiger partial charge is 0.303 e. The number of carboxylic acids is 1. The van der Waals surface area contributed by atoms with Crippen LogP contribution >= 0.6 is 11.6 Å². The van der Waals surface area contributed by atoms with E-state index in [4.69, 9.17) is 16.7 Å². The van der Waals surface area contributed by atoms with Crippen LogP contribution in [0.15, 0.2) is 24.3 Å². The lowest BCUT2D eigenvalue weighted by Crippen LogP contribution is -1.98. The summed E-state index contributed by atoms with van der Waals surface area (Å²) in [5, 5.41) is 9.25. The Kier molecular flexibility index (Phi) is 4.63. The van der Waals surface area contributed by atoms with E-state index in [0.717, 1.165) is 17.9 Å². The number of halogens is 1. The number of rotatable bonds is 5. The van der Waals surface area contributed by atoms with E-state index in [2.05, 4.69) is 6.92 Å². The lowest BCUT2D eigenvalue weighted by atomic mass is 9.95. The molecule has 0 saturated carbocycles. The van der Waals surface area contributed by atoms with Gasteiger partial charge in [0.1, 0.15) is 0 Å². The summed E-state index contributed by atoms with van der Waals surface area (Å²) in [4.78, 5) is 10.3. The van der Waals surface area contributed by atoms with Crippen LogP contribution in [0.1, 0.15) is 37.7 Å². The van der Waals surface area contributed by atoms with Gasteiger partial charge in [-0.3, -0.25) is 4.79 Å². The molecule has 15 heavy (non-hydrogen) atoms. The Bertz CT molecular complexity index is 319. The van der Waals surface area contributed by atoms with Crippen LogP contribution in [0.5, 0.6) is 0 Å². The van der Waals surface area contributed by atoms with Crippen LogP contribution in [0.4, 0.5) is 0 Å². The second-order valence-electron chi connectivity index (χ2n) is 3.74. The molecule has 0 heterocycles. The molecule has 1 aromatic rings. The van der Waals surface area contributed by atoms with Gasteiger partial charge in [-0.05, 0) is 36.5 Å². The molecule has 1 rings (SSSR count). The minimum Gasteiger partial charge on any atom is -0.481 e. The molecule has 0 aliphatic rings. The van der Waals surface area contributed by atoms with Crippen molar-refractivity contribution in [3.05, 3.63) is 34.9 Å². The first-order valence-electron chi connectivity index (χ1n) is 5.07. The van der Waals surface area contributed by atoms with E-state index in [9.17, 15) is 4.79 Å². The Morgan fingerprint density at radius 1 is 1.40 bits per heavy atom. The average molecular weight is 227 g/mol. The molecule has 1 aromatic carbocycles. The van der Waals surface area contributed by atoms with Crippen LogP contribution < -0.4 is 0 Å². The first kappa shape index (κ1) is 12.1. The Labute approximate surface area is 94.9 Å². The molecule has 0 aromatic heterocycles. The van der Waals surface area contributed by atoms with Gasteiger partial charge in [0, 0.05) is 11.4 Å². The molecule has 1 N–H and O–H groups in total. The zero-order chi connectivity index (χ0) is 11.3. The fraction of sp³-hybridized carbons (Fsp3) is 0.417. The molecular weight excluding hydrogens is 212 g/mol. The third-order valence-electron chi connectivity index (χ3n) is 2.47. The summed E-state index contributed by atoms with van der Waals surface area (Å²) in [6, 6.07) is 7.72. The van der Waals surface area contributed by atoms with Crippen LogP contribution in [-0.4, -0.2) is 11.1 Å². The van der Waals surface area contributed by atoms with Gasteiger partial charge in [-0.1, -0.05) is 30.7 Å². The first-order valence-corrected chi connectivity index (χ1v) is 5.44. The van der Waals surface area contributed by atoms with Crippen molar-refractivity contribution in [2.75, 3.05) is 0 Å². The molecule has 0 amide bonds. The predicted molar refractivity (Wildman–Crippen MR) is 61.4 cm³/mol. The summed E-state index contributed by atoms with van der Waals surface area (Å²) in [6.07, 6.45) is 1.87. The fourth-order valence-electron chi connectivity index (χ4n) is 1.52. The summed E-state index contributed by atoms with van der Waals surface area (Å²) in [6.45, 7) is 2.10. The Morgan fingerprint density at radius 3 is 2.53 bits per heavy atom. The molecule has 3 heteroatoms. The largest absolute Gasteiger partial charge is 0.481 e. The van der Waals surface area contributed by atoms with Crippen molar-refractivity contribution in [2.24, 2.45) is 0 Å². The highest BCUT2D eigenvalue weighted by Gasteiger charge is 2.06. The lowest BCUT2D eigenvalue weighted by molar-refractivity contribution is -0.137. The zero-order valence-corrected chi connectivity index (χ0v) is 9.50. The number of hydrogen-bond acceptors (Lipinski definition) is 1. The average Bonchev–Trinajstić information content (AvgIpc) is 2.18. The molecule has 0 bridgehead atoms. The van der Waals surface area contributed by atoms with Crippen LogP contribution in [0, 0.1) is 0 Å². The summed E-state index contributed by atoms with van der Waals surface area (Å²) in [5.74, 6) is -0.333. The van der Waals surface area contributed by atoms with Crippen molar-refractivity contribution in [1.29, 1.82) is 0 Å². The fourth-order valence-corrected chi connectivity index (χ4v) is 1.64. The summed E-state index contributed by atoms with van der Waals surface area (Å²) >= 11 is 5.78. The van der Waals surface area contributed by atoms with E-state index in [0.29, 0.717) is 5.92 Å². The van der Waals surface area contributed by atoms with Gasteiger partial charge >= 0.3 is 5.97 Å². The van der Waals surface area contributed by atoms with Gasteiger partial charge in [-0.2, -0.15) is 0 Å². The highest BCUT2D eigenvalue weighted by atomic mass is 35.5. The predicted octanol–water partition coefficient (Wildman–Crippen LogP) is 3.70. The quantitative estimate of drug-likeness (QED) is 0.831. The monoisotopic (exact) mass is 226 g/mol. The molecule has 0 aliphatic heterocycles. The molecule has 0 fully saturated rings. The minimum absolute atomic E-state index is 0.248. The lowest BCUT2D eigenvalue weighted by Gasteiger charge is -2.10. The number of carbonyl (C=O) groups is 1. The van der Waals surface area contributed by atoms with Crippen molar-refractivity contribution in [2.45, 2.75) is 32.1 Å². The maximum atomic E-state index is 10.3. The van der Waals surface area contributed by atoms with Crippen molar-refractivity contribution in [3.8, 4) is 0 Å². The molecule has 82 valence electrons. The zero-order valence-electron chi connectivity index (χ0n) is 8.74. The van der Waals surface area contributed by atoms with Gasteiger partial charge < -0.3 is 5.11 Å². The van der Waals surface area contributed by atoms with E-state index in [-0.39, 0.29) is 6.42 Å². The Hall–Kier alpha value is -1.02. The van der Waals surface area contributed by atoms with Gasteiger partial charge in [0.2, 0.25) is 0 Å². The molecule has 1 unspecified atom stereocenters. The SMILES string of the molecule is CC(CCCC(=O)O)c1ccc(Cl)cc1. The molecule has 2 nitrogen and oxygen atoms in total. The second kappa shape index (κ2) is 5.76. The van der Waals surface area contributed by atoms with E-state index in [1.54, 1.807) is 0 Å². The maximum Gasteiger partial charge on any atom is 0.303 e. The van der Waals surface area contributed by atoms with E-state index >= 15 is 0 Å². The number of carboxylic acid groups (broad SMARTS) is 1. The Morgan fingerprint density at radius 2 is 2.00 bits per heavy atom. The van der Waals surface area contributed by atoms with Gasteiger partial charge in [0.05, 0.1) is 0 Å². The third kappa shape index (κ3) is 4.34. The summed E-state index contributed by atoms with van der Waals surface area (Å²) < 4.78 is 0. The second-order valence-corrected chi connectivity index (χ2v) is 4.18. The highest BCUT2D eigenvalue weighted by Crippen LogP contribution is 2.22. The number of hydrogen-bond donors (Lipinski definition) is 1. The molecule has 0 spiro atoms. The number of aliphatic carboxylic acids is 1. The van der Waals surface area contributed by atoms with Crippen LogP contribution in [-0.2, 0) is 4.79 Å². The molecule has 0 aliphatic carbocycles. The van der Waals surface area contributed by atoms with Crippen LogP contribution in [0.3, 0.4) is 0 Å². The first-order chi connectivity index (χ1) is 7.09. The molecule has 0 saturated heterocycles. The minimum atomic E-state index is -0.724. The Balaban J connectivity index is 2.43. The van der Waals surface area contributed by atoms with Crippen LogP contribution in [0.25, 0.3) is 0 Å². The van der Waals surface area contributed by atoms with Crippen molar-refractivity contribution in [3.63, 3.8) is 0 Å². The van der Waals surface area contributed by atoms with Gasteiger partial charge in [0.25, 0.3) is 0 Å². The topological polar surface area (TPSA) is 37.3 Å². The maximum absolute atomic E-state index is 10.3.